The van der Waals surface area contributed by atoms with Gasteiger partial charge in [-0.1, -0.05) is 42.0 Å². The van der Waals surface area contributed by atoms with E-state index >= 15 is 0 Å². The number of aryl methyl sites for hydroxylation is 1. The second kappa shape index (κ2) is 5.89. The van der Waals surface area contributed by atoms with Crippen LogP contribution in [-0.4, -0.2) is 11.0 Å². The van der Waals surface area contributed by atoms with Gasteiger partial charge in [-0.3, -0.25) is 4.79 Å². The highest BCUT2D eigenvalue weighted by molar-refractivity contribution is 5.97. The van der Waals surface area contributed by atoms with Crippen molar-refractivity contribution in [2.75, 3.05) is 0 Å². The van der Waals surface area contributed by atoms with Gasteiger partial charge in [0, 0.05) is 0 Å². The second-order valence-electron chi connectivity index (χ2n) is 4.47. The number of hydrogen-bond acceptors (Lipinski definition) is 3. The first kappa shape index (κ1) is 13.6. The van der Waals surface area contributed by atoms with Crippen molar-refractivity contribution < 1.29 is 9.90 Å². The minimum absolute atomic E-state index is 0.0992. The van der Waals surface area contributed by atoms with E-state index < -0.39 is 11.9 Å². The zero-order valence-electron chi connectivity index (χ0n) is 11.0. The number of hydrogen-bond donors (Lipinski definition) is 2. The summed E-state index contributed by atoms with van der Waals surface area (Å²) < 4.78 is 0. The van der Waals surface area contributed by atoms with Crippen molar-refractivity contribution in [3.05, 3.63) is 65.2 Å². The summed E-state index contributed by atoms with van der Waals surface area (Å²) in [6, 6.07) is 15.0. The molecule has 4 heteroatoms. The molecule has 4 nitrogen and oxygen atoms in total. The summed E-state index contributed by atoms with van der Waals surface area (Å²) in [6.07, 6.45) is 0. The van der Waals surface area contributed by atoms with Crippen LogP contribution in [-0.2, 0) is 0 Å². The van der Waals surface area contributed by atoms with E-state index in [2.05, 4.69) is 5.32 Å². The highest BCUT2D eigenvalue weighted by Gasteiger charge is 2.17. The first-order chi connectivity index (χ1) is 9.61. The zero-order valence-corrected chi connectivity index (χ0v) is 11.0. The van der Waals surface area contributed by atoms with Crippen LogP contribution in [0.4, 0.5) is 0 Å². The molecule has 0 aromatic heterocycles. The number of benzene rings is 2. The number of nitrogens with zero attached hydrogens (tertiary/aromatic N) is 1. The zero-order chi connectivity index (χ0) is 14.5. The van der Waals surface area contributed by atoms with Crippen molar-refractivity contribution in [1.29, 1.82) is 5.26 Å². The maximum atomic E-state index is 12.1. The molecule has 1 amide bonds. The first-order valence-electron chi connectivity index (χ1n) is 6.17. The van der Waals surface area contributed by atoms with Gasteiger partial charge in [-0.05, 0) is 24.6 Å². The topological polar surface area (TPSA) is 73.1 Å². The van der Waals surface area contributed by atoms with Crippen molar-refractivity contribution in [3.8, 4) is 11.8 Å². The molecule has 2 N–H and O–H groups in total. The van der Waals surface area contributed by atoms with Crippen molar-refractivity contribution >= 4 is 5.91 Å². The maximum absolute atomic E-state index is 12.1. The predicted molar refractivity (Wildman–Crippen MR) is 75.1 cm³/mol. The standard InChI is InChI=1S/C16H14N2O2/c1-11-7-8-15(19)13(9-11)16(20)18-14(10-17)12-5-3-2-4-6-12/h2-9,14,19H,1H3,(H,18,20). The summed E-state index contributed by atoms with van der Waals surface area (Å²) in [6.45, 7) is 1.83. The molecule has 2 aromatic carbocycles. The second-order valence-corrected chi connectivity index (χ2v) is 4.47. The summed E-state index contributed by atoms with van der Waals surface area (Å²) >= 11 is 0. The van der Waals surface area contributed by atoms with Crippen LogP contribution in [0, 0.1) is 18.3 Å². The van der Waals surface area contributed by atoms with E-state index in [4.69, 9.17) is 0 Å². The minimum atomic E-state index is -0.747. The van der Waals surface area contributed by atoms with Crippen LogP contribution in [0.25, 0.3) is 0 Å². The Balaban J connectivity index is 2.22. The molecule has 0 heterocycles. The molecule has 0 bridgehead atoms. The molecule has 1 unspecified atom stereocenters. The average Bonchev–Trinajstić information content (AvgIpc) is 2.48. The van der Waals surface area contributed by atoms with Crippen molar-refractivity contribution in [1.82, 2.24) is 5.32 Å². The van der Waals surface area contributed by atoms with Gasteiger partial charge in [0.25, 0.3) is 5.91 Å². The Hall–Kier alpha value is -2.80. The number of phenols is 1. The third kappa shape index (κ3) is 2.96. The molecule has 0 aliphatic heterocycles. The fourth-order valence-electron chi connectivity index (χ4n) is 1.88. The minimum Gasteiger partial charge on any atom is -0.507 e. The smallest absolute Gasteiger partial charge is 0.256 e. The van der Waals surface area contributed by atoms with Crippen LogP contribution in [0.5, 0.6) is 5.75 Å². The third-order valence-corrected chi connectivity index (χ3v) is 2.93. The van der Waals surface area contributed by atoms with Gasteiger partial charge in [-0.25, -0.2) is 0 Å². The molecule has 0 spiro atoms. The predicted octanol–water partition coefficient (Wildman–Crippen LogP) is 2.70. The summed E-state index contributed by atoms with van der Waals surface area (Å²) in [5.41, 5.74) is 1.73. The lowest BCUT2D eigenvalue weighted by atomic mass is 10.1. The summed E-state index contributed by atoms with van der Waals surface area (Å²) in [7, 11) is 0. The van der Waals surface area contributed by atoms with Gasteiger partial charge in [0.2, 0.25) is 0 Å². The number of carbonyl (C=O) groups is 1. The molecule has 2 rings (SSSR count). The number of nitrogens with one attached hydrogen (secondary N) is 1. The third-order valence-electron chi connectivity index (χ3n) is 2.93. The van der Waals surface area contributed by atoms with Gasteiger partial charge in [0.05, 0.1) is 11.6 Å². The van der Waals surface area contributed by atoms with Crippen molar-refractivity contribution in [2.45, 2.75) is 13.0 Å². The lowest BCUT2D eigenvalue weighted by molar-refractivity contribution is 0.0942. The number of phenolic OH excluding ortho intramolecular Hbond substituents is 1. The van der Waals surface area contributed by atoms with E-state index in [1.807, 2.05) is 19.1 Å². The van der Waals surface area contributed by atoms with E-state index in [1.54, 1.807) is 36.4 Å². The lowest BCUT2D eigenvalue weighted by Gasteiger charge is -2.13. The van der Waals surface area contributed by atoms with E-state index in [0.29, 0.717) is 5.56 Å². The highest BCUT2D eigenvalue weighted by atomic mass is 16.3. The molecular formula is C16H14N2O2. The van der Waals surface area contributed by atoms with Gasteiger partial charge in [0.15, 0.2) is 0 Å². The molecule has 100 valence electrons. The van der Waals surface area contributed by atoms with Gasteiger partial charge in [-0.15, -0.1) is 0 Å². The Labute approximate surface area is 117 Å². The van der Waals surface area contributed by atoms with E-state index in [9.17, 15) is 15.2 Å². The number of carbonyl (C=O) groups excluding carboxylic acids is 1. The largest absolute Gasteiger partial charge is 0.507 e. The Morgan fingerprint density at radius 3 is 2.60 bits per heavy atom. The molecule has 0 aliphatic rings. The van der Waals surface area contributed by atoms with Crippen LogP contribution < -0.4 is 5.32 Å². The lowest BCUT2D eigenvalue weighted by Crippen LogP contribution is -2.27. The fourth-order valence-corrected chi connectivity index (χ4v) is 1.88. The van der Waals surface area contributed by atoms with Crippen LogP contribution >= 0.6 is 0 Å². The number of amides is 1. The number of rotatable bonds is 3. The van der Waals surface area contributed by atoms with Crippen molar-refractivity contribution in [3.63, 3.8) is 0 Å². The summed E-state index contributed by atoms with van der Waals surface area (Å²) in [5.74, 6) is -0.570. The SMILES string of the molecule is Cc1ccc(O)c(C(=O)NC(C#N)c2ccccc2)c1. The molecule has 0 saturated heterocycles. The highest BCUT2D eigenvalue weighted by Crippen LogP contribution is 2.19. The number of aromatic hydroxyl groups is 1. The molecule has 0 radical (unpaired) electrons. The molecular weight excluding hydrogens is 252 g/mol. The molecule has 0 aliphatic carbocycles. The molecule has 0 saturated carbocycles. The van der Waals surface area contributed by atoms with Crippen LogP contribution in [0.2, 0.25) is 0 Å². The molecule has 2 aromatic rings. The number of nitriles is 1. The Kier molecular flexibility index (Phi) is 4.02. The van der Waals surface area contributed by atoms with E-state index in [1.165, 1.54) is 6.07 Å². The van der Waals surface area contributed by atoms with Gasteiger partial charge < -0.3 is 10.4 Å². The van der Waals surface area contributed by atoms with E-state index in [-0.39, 0.29) is 11.3 Å². The molecule has 0 fully saturated rings. The average molecular weight is 266 g/mol. The Morgan fingerprint density at radius 2 is 1.95 bits per heavy atom. The first-order valence-corrected chi connectivity index (χ1v) is 6.17. The molecule has 20 heavy (non-hydrogen) atoms. The monoisotopic (exact) mass is 266 g/mol. The van der Waals surface area contributed by atoms with Crippen LogP contribution in [0.1, 0.15) is 27.5 Å². The fraction of sp³-hybridized carbons (Fsp3) is 0.125. The Morgan fingerprint density at radius 1 is 1.25 bits per heavy atom. The van der Waals surface area contributed by atoms with Gasteiger partial charge in [0.1, 0.15) is 11.8 Å². The normalized spacial score (nSPS) is 11.4. The summed E-state index contributed by atoms with van der Waals surface area (Å²) in [5, 5.41) is 21.5. The Bertz CT molecular complexity index is 660. The molecule has 1 atom stereocenters. The summed E-state index contributed by atoms with van der Waals surface area (Å²) in [4.78, 5) is 12.1. The van der Waals surface area contributed by atoms with Gasteiger partial charge >= 0.3 is 0 Å². The maximum Gasteiger partial charge on any atom is 0.256 e. The van der Waals surface area contributed by atoms with Crippen LogP contribution in [0.3, 0.4) is 0 Å². The quantitative estimate of drug-likeness (QED) is 0.897. The van der Waals surface area contributed by atoms with Crippen molar-refractivity contribution in [2.24, 2.45) is 0 Å². The van der Waals surface area contributed by atoms with E-state index in [0.717, 1.165) is 5.56 Å². The van der Waals surface area contributed by atoms with Crippen LogP contribution in [0.15, 0.2) is 48.5 Å². The van der Waals surface area contributed by atoms with Gasteiger partial charge in [-0.2, -0.15) is 5.26 Å².